The number of rotatable bonds is 5. The zero-order valence-electron chi connectivity index (χ0n) is 11.3. The normalized spacial score (nSPS) is 27.6. The zero-order valence-corrected chi connectivity index (χ0v) is 12.1. The van der Waals surface area contributed by atoms with Gasteiger partial charge in [0.1, 0.15) is 0 Å². The van der Waals surface area contributed by atoms with Crippen molar-refractivity contribution in [1.29, 1.82) is 0 Å². The Morgan fingerprint density at radius 3 is 2.26 bits per heavy atom. The Bertz CT molecular complexity index is 494. The van der Waals surface area contributed by atoms with E-state index >= 15 is 0 Å². The summed E-state index contributed by atoms with van der Waals surface area (Å²) in [5.41, 5.74) is 7.05. The summed E-state index contributed by atoms with van der Waals surface area (Å²) in [5.74, 6) is 0.287. The lowest BCUT2D eigenvalue weighted by Crippen LogP contribution is -2.37. The molecule has 1 fully saturated rings. The summed E-state index contributed by atoms with van der Waals surface area (Å²) in [4.78, 5) is 0. The molecule has 0 aromatic heterocycles. The van der Waals surface area contributed by atoms with Crippen LogP contribution in [0.3, 0.4) is 0 Å². The second kappa shape index (κ2) is 6.00. The maximum atomic E-state index is 12.0. The highest BCUT2D eigenvalue weighted by molar-refractivity contribution is 7.88. The van der Waals surface area contributed by atoms with E-state index in [1.807, 2.05) is 44.2 Å². The molecule has 1 aliphatic rings. The van der Waals surface area contributed by atoms with E-state index in [9.17, 15) is 8.42 Å². The van der Waals surface area contributed by atoms with E-state index < -0.39 is 10.0 Å². The molecule has 0 bridgehead atoms. The van der Waals surface area contributed by atoms with Crippen LogP contribution in [0.15, 0.2) is 30.3 Å². The van der Waals surface area contributed by atoms with Gasteiger partial charge in [-0.1, -0.05) is 30.3 Å². The van der Waals surface area contributed by atoms with Crippen LogP contribution in [0.5, 0.6) is 0 Å². The summed E-state index contributed by atoms with van der Waals surface area (Å²) in [6, 6.07) is 9.73. The topological polar surface area (TPSA) is 70.2 Å². The third kappa shape index (κ3) is 4.01. The minimum Gasteiger partial charge on any atom is -0.254 e. The van der Waals surface area contributed by atoms with Crippen molar-refractivity contribution in [1.82, 2.24) is 15.6 Å². The fraction of sp³-hybridized carbons (Fsp3) is 0.538. The smallest absolute Gasteiger partial charge is 0.215 e. The SMILES string of the molecule is CC1NNC(C)C1CNS(=O)(=O)Cc1ccccc1. The van der Waals surface area contributed by atoms with E-state index in [4.69, 9.17) is 0 Å². The van der Waals surface area contributed by atoms with Crippen molar-refractivity contribution in [3.05, 3.63) is 35.9 Å². The Labute approximate surface area is 114 Å². The molecule has 1 aromatic rings. The van der Waals surface area contributed by atoms with Crippen LogP contribution in [-0.4, -0.2) is 27.0 Å². The zero-order chi connectivity index (χ0) is 13.9. The van der Waals surface area contributed by atoms with Gasteiger partial charge in [-0.05, 0) is 19.4 Å². The average molecular weight is 283 g/mol. The third-order valence-electron chi connectivity index (χ3n) is 3.56. The van der Waals surface area contributed by atoms with E-state index in [0.717, 1.165) is 5.56 Å². The fourth-order valence-corrected chi connectivity index (χ4v) is 3.51. The molecule has 2 rings (SSSR count). The monoisotopic (exact) mass is 283 g/mol. The van der Waals surface area contributed by atoms with Gasteiger partial charge in [-0.15, -0.1) is 0 Å². The van der Waals surface area contributed by atoms with Crippen LogP contribution >= 0.6 is 0 Å². The molecule has 1 aromatic carbocycles. The largest absolute Gasteiger partial charge is 0.254 e. The first-order valence-corrected chi connectivity index (χ1v) is 8.15. The van der Waals surface area contributed by atoms with E-state index in [1.54, 1.807) is 0 Å². The van der Waals surface area contributed by atoms with E-state index in [1.165, 1.54) is 0 Å². The Morgan fingerprint density at radius 1 is 1.11 bits per heavy atom. The molecule has 1 heterocycles. The molecule has 106 valence electrons. The standard InChI is InChI=1S/C13H21N3O2S/c1-10-13(11(2)16-15-10)8-14-19(17,18)9-12-6-4-3-5-7-12/h3-7,10-11,13-16H,8-9H2,1-2H3. The summed E-state index contributed by atoms with van der Waals surface area (Å²) in [6.07, 6.45) is 0. The van der Waals surface area contributed by atoms with Gasteiger partial charge in [0, 0.05) is 24.5 Å². The fourth-order valence-electron chi connectivity index (χ4n) is 2.33. The first kappa shape index (κ1) is 14.5. The van der Waals surface area contributed by atoms with E-state index in [-0.39, 0.29) is 23.8 Å². The Hall–Kier alpha value is -0.950. The van der Waals surface area contributed by atoms with Crippen LogP contribution in [0, 0.1) is 5.92 Å². The second-order valence-corrected chi connectivity index (χ2v) is 6.93. The molecule has 0 radical (unpaired) electrons. The molecule has 6 heteroatoms. The minimum absolute atomic E-state index is 0.0319. The number of hydrogen-bond donors (Lipinski definition) is 3. The van der Waals surface area contributed by atoms with Gasteiger partial charge in [0.2, 0.25) is 10.0 Å². The molecule has 2 atom stereocenters. The van der Waals surface area contributed by atoms with Gasteiger partial charge < -0.3 is 0 Å². The lowest BCUT2D eigenvalue weighted by atomic mass is 9.97. The maximum Gasteiger partial charge on any atom is 0.215 e. The molecule has 2 unspecified atom stereocenters. The molecule has 0 spiro atoms. The van der Waals surface area contributed by atoms with Crippen molar-refractivity contribution in [2.45, 2.75) is 31.7 Å². The van der Waals surface area contributed by atoms with Gasteiger partial charge in [0.25, 0.3) is 0 Å². The van der Waals surface area contributed by atoms with Crippen molar-refractivity contribution < 1.29 is 8.42 Å². The second-order valence-electron chi connectivity index (χ2n) is 5.12. The maximum absolute atomic E-state index is 12.0. The van der Waals surface area contributed by atoms with Gasteiger partial charge in [0.15, 0.2) is 0 Å². The first-order chi connectivity index (χ1) is 8.98. The van der Waals surface area contributed by atoms with Crippen molar-refractivity contribution in [2.24, 2.45) is 5.92 Å². The molecular formula is C13H21N3O2S. The van der Waals surface area contributed by atoms with Gasteiger partial charge in [-0.25, -0.2) is 13.1 Å². The van der Waals surface area contributed by atoms with E-state index in [2.05, 4.69) is 15.6 Å². The highest BCUT2D eigenvalue weighted by Crippen LogP contribution is 2.14. The number of nitrogens with one attached hydrogen (secondary N) is 3. The average Bonchev–Trinajstić information content (AvgIpc) is 2.67. The summed E-state index contributed by atoms with van der Waals surface area (Å²) in [7, 11) is -3.27. The van der Waals surface area contributed by atoms with Crippen LogP contribution in [-0.2, 0) is 15.8 Å². The van der Waals surface area contributed by atoms with Crippen LogP contribution in [0.25, 0.3) is 0 Å². The highest BCUT2D eigenvalue weighted by Gasteiger charge is 2.30. The van der Waals surface area contributed by atoms with E-state index in [0.29, 0.717) is 6.54 Å². The minimum atomic E-state index is -3.27. The predicted octanol–water partition coefficient (Wildman–Crippen LogP) is 0.607. The van der Waals surface area contributed by atoms with Gasteiger partial charge in [-0.3, -0.25) is 10.9 Å². The third-order valence-corrected chi connectivity index (χ3v) is 4.88. The quantitative estimate of drug-likeness (QED) is 0.740. The molecular weight excluding hydrogens is 262 g/mol. The summed E-state index contributed by atoms with van der Waals surface area (Å²) in [6.45, 7) is 4.55. The lowest BCUT2D eigenvalue weighted by molar-refractivity contribution is 0.437. The van der Waals surface area contributed by atoms with Crippen molar-refractivity contribution in [3.63, 3.8) is 0 Å². The van der Waals surface area contributed by atoms with Crippen molar-refractivity contribution >= 4 is 10.0 Å². The molecule has 19 heavy (non-hydrogen) atoms. The van der Waals surface area contributed by atoms with Gasteiger partial charge >= 0.3 is 0 Å². The van der Waals surface area contributed by atoms with Gasteiger partial charge in [-0.2, -0.15) is 0 Å². The number of sulfonamides is 1. The summed E-state index contributed by atoms with van der Waals surface area (Å²) in [5, 5.41) is 0. The molecule has 0 saturated carbocycles. The first-order valence-electron chi connectivity index (χ1n) is 6.50. The summed E-state index contributed by atoms with van der Waals surface area (Å²) < 4.78 is 26.7. The van der Waals surface area contributed by atoms with Crippen molar-refractivity contribution in [2.75, 3.05) is 6.54 Å². The molecule has 1 aliphatic heterocycles. The molecule has 5 nitrogen and oxygen atoms in total. The number of hydrogen-bond acceptors (Lipinski definition) is 4. The van der Waals surface area contributed by atoms with Crippen LogP contribution in [0.2, 0.25) is 0 Å². The molecule has 1 saturated heterocycles. The highest BCUT2D eigenvalue weighted by atomic mass is 32.2. The Morgan fingerprint density at radius 2 is 1.68 bits per heavy atom. The van der Waals surface area contributed by atoms with Crippen LogP contribution in [0.4, 0.5) is 0 Å². The van der Waals surface area contributed by atoms with Gasteiger partial charge in [0.05, 0.1) is 5.75 Å². The van der Waals surface area contributed by atoms with Crippen LogP contribution in [0.1, 0.15) is 19.4 Å². The predicted molar refractivity (Wildman–Crippen MR) is 75.8 cm³/mol. The Kier molecular flexibility index (Phi) is 4.57. The number of benzene rings is 1. The molecule has 3 N–H and O–H groups in total. The lowest BCUT2D eigenvalue weighted by Gasteiger charge is -2.18. The van der Waals surface area contributed by atoms with Crippen molar-refractivity contribution in [3.8, 4) is 0 Å². The molecule has 0 amide bonds. The summed E-state index contributed by atoms with van der Waals surface area (Å²) >= 11 is 0. The molecule has 0 aliphatic carbocycles. The Balaban J connectivity index is 1.91. The van der Waals surface area contributed by atoms with Crippen LogP contribution < -0.4 is 15.6 Å². The number of hydrazine groups is 1.